The zero-order valence-corrected chi connectivity index (χ0v) is 11.9. The summed E-state index contributed by atoms with van der Waals surface area (Å²) in [6, 6.07) is 6.91. The monoisotopic (exact) mass is 324 g/mol. The van der Waals surface area contributed by atoms with Crippen molar-refractivity contribution in [3.05, 3.63) is 47.2 Å². The van der Waals surface area contributed by atoms with Gasteiger partial charge in [-0.2, -0.15) is 0 Å². The first-order valence-electron chi connectivity index (χ1n) is 5.65. The summed E-state index contributed by atoms with van der Waals surface area (Å²) < 4.78 is 6.93. The van der Waals surface area contributed by atoms with Crippen molar-refractivity contribution < 1.29 is 14.6 Å². The average Bonchev–Trinajstić information content (AvgIpc) is 2.81. The number of hydrogen-bond donors (Lipinski definition) is 1. The van der Waals surface area contributed by atoms with Crippen LogP contribution >= 0.6 is 15.9 Å². The molecule has 2 rings (SSSR count). The minimum atomic E-state index is -0.234. The summed E-state index contributed by atoms with van der Waals surface area (Å²) in [5.74, 6) is 0.475. The molecule has 0 amide bonds. The van der Waals surface area contributed by atoms with Crippen molar-refractivity contribution in [2.75, 3.05) is 0 Å². The van der Waals surface area contributed by atoms with Gasteiger partial charge in [-0.3, -0.25) is 9.48 Å². The van der Waals surface area contributed by atoms with E-state index in [1.54, 1.807) is 42.2 Å². The van der Waals surface area contributed by atoms with Crippen molar-refractivity contribution in [1.29, 1.82) is 0 Å². The van der Waals surface area contributed by atoms with Gasteiger partial charge in [0.2, 0.25) is 10.6 Å². The second-order valence-corrected chi connectivity index (χ2v) is 4.71. The first-order valence-corrected chi connectivity index (χ1v) is 6.45. The third-order valence-corrected chi connectivity index (χ3v) is 3.14. The van der Waals surface area contributed by atoms with Crippen LogP contribution in [0.15, 0.2) is 30.5 Å². The summed E-state index contributed by atoms with van der Waals surface area (Å²) >= 11 is 2.93. The molecule has 0 saturated heterocycles. The highest BCUT2D eigenvalue weighted by molar-refractivity contribution is 9.18. The number of aromatic nitrogens is 2. The molecule has 0 bridgehead atoms. The van der Waals surface area contributed by atoms with Gasteiger partial charge < -0.3 is 9.84 Å². The minimum Gasteiger partial charge on any atom is -0.472 e. The Morgan fingerprint density at radius 1 is 1.47 bits per heavy atom. The van der Waals surface area contributed by atoms with E-state index in [9.17, 15) is 9.90 Å². The average molecular weight is 325 g/mol. The standard InChI is InChI=1S/C13H13BrN2O3/c1-16-6-5-12(15-16)19-8-11-9(7-17)3-2-4-10(11)13(14)18/h2-6,17H,7-8H2,1H3. The lowest BCUT2D eigenvalue weighted by atomic mass is 10.0. The number of aliphatic hydroxyl groups excluding tert-OH is 1. The quantitative estimate of drug-likeness (QED) is 0.855. The highest BCUT2D eigenvalue weighted by Gasteiger charge is 2.13. The first-order chi connectivity index (χ1) is 9.11. The number of aliphatic hydroxyl groups is 1. The maximum Gasteiger partial charge on any atom is 0.233 e. The second-order valence-electron chi connectivity index (χ2n) is 3.99. The minimum absolute atomic E-state index is 0.144. The summed E-state index contributed by atoms with van der Waals surface area (Å²) in [5.41, 5.74) is 1.82. The number of ether oxygens (including phenoxy) is 1. The third kappa shape index (κ3) is 3.21. The molecule has 0 unspecified atom stereocenters. The van der Waals surface area contributed by atoms with E-state index >= 15 is 0 Å². The number of aryl methyl sites for hydroxylation is 1. The molecular weight excluding hydrogens is 312 g/mol. The lowest BCUT2D eigenvalue weighted by Crippen LogP contribution is -2.07. The van der Waals surface area contributed by atoms with Gasteiger partial charge in [-0.05, 0) is 21.5 Å². The van der Waals surface area contributed by atoms with Gasteiger partial charge in [0.1, 0.15) is 6.61 Å². The van der Waals surface area contributed by atoms with Crippen LogP contribution in [-0.4, -0.2) is 19.6 Å². The van der Waals surface area contributed by atoms with Gasteiger partial charge in [-0.25, -0.2) is 0 Å². The van der Waals surface area contributed by atoms with E-state index in [0.29, 0.717) is 22.6 Å². The van der Waals surface area contributed by atoms with Crippen LogP contribution in [0.25, 0.3) is 0 Å². The number of halogens is 1. The Morgan fingerprint density at radius 2 is 2.26 bits per heavy atom. The molecule has 0 aliphatic carbocycles. The molecule has 5 nitrogen and oxygen atoms in total. The van der Waals surface area contributed by atoms with Gasteiger partial charge in [0.15, 0.2) is 0 Å². The smallest absolute Gasteiger partial charge is 0.233 e. The van der Waals surface area contributed by atoms with Crippen LogP contribution in [0.4, 0.5) is 0 Å². The lowest BCUT2D eigenvalue weighted by molar-refractivity contribution is 0.109. The van der Waals surface area contributed by atoms with E-state index < -0.39 is 0 Å². The molecule has 0 spiro atoms. The number of carbonyl (C=O) groups is 1. The van der Waals surface area contributed by atoms with E-state index in [-0.39, 0.29) is 17.9 Å². The Balaban J connectivity index is 2.25. The van der Waals surface area contributed by atoms with Crippen molar-refractivity contribution in [2.45, 2.75) is 13.2 Å². The normalized spacial score (nSPS) is 10.5. The fraction of sp³-hybridized carbons (Fsp3) is 0.231. The largest absolute Gasteiger partial charge is 0.472 e. The molecule has 19 heavy (non-hydrogen) atoms. The van der Waals surface area contributed by atoms with Gasteiger partial charge in [0, 0.05) is 30.4 Å². The Labute approximate surface area is 118 Å². The van der Waals surface area contributed by atoms with Gasteiger partial charge in [-0.15, -0.1) is 5.10 Å². The van der Waals surface area contributed by atoms with Gasteiger partial charge in [0.25, 0.3) is 0 Å². The van der Waals surface area contributed by atoms with Crippen molar-refractivity contribution in [3.63, 3.8) is 0 Å². The molecule has 2 aromatic rings. The van der Waals surface area contributed by atoms with E-state index in [4.69, 9.17) is 4.74 Å². The Kier molecular flexibility index (Phi) is 4.34. The van der Waals surface area contributed by atoms with E-state index in [0.717, 1.165) is 0 Å². The van der Waals surface area contributed by atoms with E-state index in [1.165, 1.54) is 0 Å². The molecule has 0 saturated carbocycles. The molecule has 6 heteroatoms. The van der Waals surface area contributed by atoms with Crippen molar-refractivity contribution in [2.24, 2.45) is 7.05 Å². The Bertz CT molecular complexity index is 595. The van der Waals surface area contributed by atoms with Crippen molar-refractivity contribution in [1.82, 2.24) is 9.78 Å². The number of rotatable bonds is 5. The summed E-state index contributed by atoms with van der Waals surface area (Å²) in [6.45, 7) is 0.0372. The van der Waals surface area contributed by atoms with Crippen LogP contribution in [-0.2, 0) is 20.3 Å². The molecule has 1 aromatic heterocycles. The summed E-state index contributed by atoms with van der Waals surface area (Å²) in [6.07, 6.45) is 1.77. The van der Waals surface area contributed by atoms with Crippen LogP contribution in [0.1, 0.15) is 21.5 Å². The summed E-state index contributed by atoms with van der Waals surface area (Å²) in [4.78, 5) is 11.5. The zero-order valence-electron chi connectivity index (χ0n) is 10.3. The lowest BCUT2D eigenvalue weighted by Gasteiger charge is -2.11. The number of hydrogen-bond acceptors (Lipinski definition) is 4. The Hall–Kier alpha value is -1.66. The van der Waals surface area contributed by atoms with Crippen LogP contribution in [0.5, 0.6) is 5.88 Å². The van der Waals surface area contributed by atoms with Crippen LogP contribution in [0, 0.1) is 0 Å². The predicted octanol–water partition coefficient (Wildman–Crippen LogP) is 2.03. The fourth-order valence-corrected chi connectivity index (χ4v) is 2.13. The first kappa shape index (κ1) is 13.8. The maximum absolute atomic E-state index is 11.5. The zero-order chi connectivity index (χ0) is 13.8. The SMILES string of the molecule is Cn1ccc(OCc2c(CO)cccc2C(=O)Br)n1. The van der Waals surface area contributed by atoms with Crippen LogP contribution in [0.2, 0.25) is 0 Å². The summed E-state index contributed by atoms with van der Waals surface area (Å²) in [5, 5.41) is 13.4. The molecule has 1 heterocycles. The Morgan fingerprint density at radius 3 is 2.84 bits per heavy atom. The molecule has 0 radical (unpaired) electrons. The fourth-order valence-electron chi connectivity index (χ4n) is 1.75. The predicted molar refractivity (Wildman–Crippen MR) is 73.2 cm³/mol. The molecule has 0 atom stereocenters. The molecule has 100 valence electrons. The molecule has 0 aliphatic rings. The third-order valence-electron chi connectivity index (χ3n) is 2.71. The van der Waals surface area contributed by atoms with Gasteiger partial charge in [0.05, 0.1) is 6.61 Å². The van der Waals surface area contributed by atoms with Crippen LogP contribution in [0.3, 0.4) is 0 Å². The molecule has 1 N–H and O–H groups in total. The van der Waals surface area contributed by atoms with Gasteiger partial charge >= 0.3 is 0 Å². The highest BCUT2D eigenvalue weighted by Crippen LogP contribution is 2.20. The van der Waals surface area contributed by atoms with Crippen LogP contribution < -0.4 is 4.74 Å². The summed E-state index contributed by atoms with van der Waals surface area (Å²) in [7, 11) is 1.79. The van der Waals surface area contributed by atoms with Crippen molar-refractivity contribution >= 4 is 20.6 Å². The number of nitrogens with zero attached hydrogens (tertiary/aromatic N) is 2. The topological polar surface area (TPSA) is 64.3 Å². The van der Waals surface area contributed by atoms with Crippen molar-refractivity contribution in [3.8, 4) is 5.88 Å². The van der Waals surface area contributed by atoms with E-state index in [1.807, 2.05) is 0 Å². The number of carbonyl (C=O) groups excluding carboxylic acids is 1. The number of benzene rings is 1. The molecule has 0 fully saturated rings. The molecular formula is C13H13BrN2O3. The van der Waals surface area contributed by atoms with E-state index in [2.05, 4.69) is 21.0 Å². The maximum atomic E-state index is 11.5. The highest BCUT2D eigenvalue weighted by atomic mass is 79.9. The van der Waals surface area contributed by atoms with Gasteiger partial charge in [-0.1, -0.05) is 18.2 Å². The molecule has 1 aromatic carbocycles. The second kappa shape index (κ2) is 5.99. The molecule has 0 aliphatic heterocycles.